The molecule has 5 heteroatoms. The molecule has 0 fully saturated rings. The van der Waals surface area contributed by atoms with E-state index >= 15 is 0 Å². The third kappa shape index (κ3) is 4.10. The van der Waals surface area contributed by atoms with Crippen molar-refractivity contribution in [2.24, 2.45) is 0 Å². The van der Waals surface area contributed by atoms with E-state index in [1.165, 1.54) is 18.0 Å². The Morgan fingerprint density at radius 3 is 2.58 bits per heavy atom. The van der Waals surface area contributed by atoms with Crippen LogP contribution in [0.15, 0.2) is 30.3 Å². The Balaban J connectivity index is 2.80. The maximum Gasteiger partial charge on any atom is 0.326 e. The van der Waals surface area contributed by atoms with Crippen LogP contribution in [0.1, 0.15) is 18.9 Å². The number of likely N-dealkylation sites (N-methyl/N-ethyl adjacent to an activating group) is 1. The summed E-state index contributed by atoms with van der Waals surface area (Å²) >= 11 is 5.96. The van der Waals surface area contributed by atoms with Crippen LogP contribution in [0.4, 0.5) is 0 Å². The number of rotatable bonds is 5. The first-order chi connectivity index (χ1) is 8.97. The fourth-order valence-corrected chi connectivity index (χ4v) is 1.86. The third-order valence-electron chi connectivity index (χ3n) is 2.80. The van der Waals surface area contributed by atoms with E-state index in [4.69, 9.17) is 16.7 Å². The van der Waals surface area contributed by atoms with Crippen molar-refractivity contribution in [3.05, 3.63) is 40.9 Å². The van der Waals surface area contributed by atoms with Gasteiger partial charge in [-0.05, 0) is 24.1 Å². The molecule has 1 atom stereocenters. The van der Waals surface area contributed by atoms with Crippen LogP contribution >= 0.6 is 11.6 Å². The molecule has 1 aromatic rings. The second-order valence-corrected chi connectivity index (χ2v) is 4.47. The lowest BCUT2D eigenvalue weighted by Gasteiger charge is -2.22. The first-order valence-corrected chi connectivity index (χ1v) is 6.27. The van der Waals surface area contributed by atoms with Crippen molar-refractivity contribution in [3.8, 4) is 0 Å². The van der Waals surface area contributed by atoms with Gasteiger partial charge in [-0.25, -0.2) is 4.79 Å². The lowest BCUT2D eigenvalue weighted by Crippen LogP contribution is -2.41. The summed E-state index contributed by atoms with van der Waals surface area (Å²) in [6.07, 6.45) is 3.26. The highest BCUT2D eigenvalue weighted by atomic mass is 35.5. The number of carbonyl (C=O) groups excluding carboxylic acids is 1. The molecule has 0 saturated heterocycles. The number of halogens is 1. The Morgan fingerprint density at radius 1 is 1.42 bits per heavy atom. The van der Waals surface area contributed by atoms with Gasteiger partial charge in [0.25, 0.3) is 0 Å². The van der Waals surface area contributed by atoms with Gasteiger partial charge in [-0.2, -0.15) is 0 Å². The molecule has 0 aromatic heterocycles. The average molecular weight is 282 g/mol. The molecule has 4 nitrogen and oxygen atoms in total. The smallest absolute Gasteiger partial charge is 0.326 e. The van der Waals surface area contributed by atoms with E-state index in [-0.39, 0.29) is 5.91 Å². The molecule has 0 spiro atoms. The number of hydrogen-bond acceptors (Lipinski definition) is 2. The summed E-state index contributed by atoms with van der Waals surface area (Å²) in [6, 6.07) is 6.29. The van der Waals surface area contributed by atoms with E-state index in [0.29, 0.717) is 17.0 Å². The molecule has 0 heterocycles. The fraction of sp³-hybridized carbons (Fsp3) is 0.286. The van der Waals surface area contributed by atoms with Crippen molar-refractivity contribution >= 4 is 29.6 Å². The molecule has 102 valence electrons. The normalized spacial score (nSPS) is 12.4. The summed E-state index contributed by atoms with van der Waals surface area (Å²) in [7, 11) is 1.47. The van der Waals surface area contributed by atoms with Crippen LogP contribution < -0.4 is 0 Å². The zero-order chi connectivity index (χ0) is 14.4. The molecule has 0 aliphatic rings. The summed E-state index contributed by atoms with van der Waals surface area (Å²) in [6.45, 7) is 1.72. The van der Waals surface area contributed by atoms with Crippen molar-refractivity contribution in [2.45, 2.75) is 19.4 Å². The summed E-state index contributed by atoms with van der Waals surface area (Å²) in [5.74, 6) is -1.38. The van der Waals surface area contributed by atoms with E-state index in [1.807, 2.05) is 6.07 Å². The molecule has 1 aromatic carbocycles. The minimum Gasteiger partial charge on any atom is -0.480 e. The molecule has 19 heavy (non-hydrogen) atoms. The number of carboxylic acid groups (broad SMARTS) is 1. The number of hydrogen-bond donors (Lipinski definition) is 1. The standard InChI is InChI=1S/C14H16ClNO3/c1-3-12(14(18)19)16(2)13(17)9-8-10-6-4-5-7-11(10)15/h4-9,12H,3H2,1-2H3,(H,18,19). The zero-order valence-electron chi connectivity index (χ0n) is 10.8. The van der Waals surface area contributed by atoms with Gasteiger partial charge in [0, 0.05) is 18.1 Å². The molecular formula is C14H16ClNO3. The zero-order valence-corrected chi connectivity index (χ0v) is 11.6. The van der Waals surface area contributed by atoms with Crippen molar-refractivity contribution in [2.75, 3.05) is 7.05 Å². The first kappa shape index (κ1) is 15.2. The van der Waals surface area contributed by atoms with Gasteiger partial charge in [0.2, 0.25) is 5.91 Å². The summed E-state index contributed by atoms with van der Waals surface area (Å²) < 4.78 is 0. The van der Waals surface area contributed by atoms with Crippen LogP contribution in [0.5, 0.6) is 0 Å². The Bertz CT molecular complexity index is 499. The van der Waals surface area contributed by atoms with Gasteiger partial charge in [0.05, 0.1) is 0 Å². The minimum atomic E-state index is -1.01. The topological polar surface area (TPSA) is 57.6 Å². The lowest BCUT2D eigenvalue weighted by atomic mass is 10.2. The van der Waals surface area contributed by atoms with E-state index in [1.54, 1.807) is 31.2 Å². The van der Waals surface area contributed by atoms with Crippen LogP contribution in [-0.2, 0) is 9.59 Å². The number of amides is 1. The van der Waals surface area contributed by atoms with Crippen molar-refractivity contribution in [3.63, 3.8) is 0 Å². The minimum absolute atomic E-state index is 0.359. The number of benzene rings is 1. The highest BCUT2D eigenvalue weighted by Crippen LogP contribution is 2.16. The summed E-state index contributed by atoms with van der Waals surface area (Å²) in [4.78, 5) is 24.0. The van der Waals surface area contributed by atoms with Gasteiger partial charge in [0.15, 0.2) is 0 Å². The van der Waals surface area contributed by atoms with Crippen molar-refractivity contribution in [1.82, 2.24) is 4.90 Å². The summed E-state index contributed by atoms with van der Waals surface area (Å²) in [5, 5.41) is 9.52. The number of carboxylic acids is 1. The van der Waals surface area contributed by atoms with Crippen LogP contribution in [-0.4, -0.2) is 35.0 Å². The molecule has 0 saturated carbocycles. The maximum absolute atomic E-state index is 11.9. The van der Waals surface area contributed by atoms with Crippen LogP contribution in [0.2, 0.25) is 5.02 Å². The molecule has 1 unspecified atom stereocenters. The van der Waals surface area contributed by atoms with Gasteiger partial charge in [-0.3, -0.25) is 4.79 Å². The molecule has 0 radical (unpaired) electrons. The monoisotopic (exact) mass is 281 g/mol. The molecule has 1 amide bonds. The Labute approximate surface area is 117 Å². The predicted molar refractivity (Wildman–Crippen MR) is 75.0 cm³/mol. The second kappa shape index (κ2) is 6.95. The number of nitrogens with zero attached hydrogens (tertiary/aromatic N) is 1. The van der Waals surface area contributed by atoms with Gasteiger partial charge in [0.1, 0.15) is 6.04 Å². The Kier molecular flexibility index (Phi) is 5.57. The van der Waals surface area contributed by atoms with Crippen LogP contribution in [0, 0.1) is 0 Å². The molecule has 1 rings (SSSR count). The molecule has 0 bridgehead atoms. The Hall–Kier alpha value is -1.81. The molecule has 0 aliphatic carbocycles. The maximum atomic E-state index is 11.9. The quantitative estimate of drug-likeness (QED) is 0.844. The number of carbonyl (C=O) groups is 2. The van der Waals surface area contributed by atoms with Crippen molar-refractivity contribution in [1.29, 1.82) is 0 Å². The first-order valence-electron chi connectivity index (χ1n) is 5.89. The predicted octanol–water partition coefficient (Wildman–Crippen LogP) is 2.67. The lowest BCUT2D eigenvalue weighted by molar-refractivity contribution is -0.147. The van der Waals surface area contributed by atoms with E-state index < -0.39 is 12.0 Å². The molecule has 0 aliphatic heterocycles. The van der Waals surface area contributed by atoms with Gasteiger partial charge in [-0.1, -0.05) is 36.7 Å². The van der Waals surface area contributed by atoms with Crippen molar-refractivity contribution < 1.29 is 14.7 Å². The molecule has 1 N–H and O–H groups in total. The SMILES string of the molecule is CCC(C(=O)O)N(C)C(=O)C=Cc1ccccc1Cl. The largest absolute Gasteiger partial charge is 0.480 e. The third-order valence-corrected chi connectivity index (χ3v) is 3.14. The second-order valence-electron chi connectivity index (χ2n) is 4.07. The highest BCUT2D eigenvalue weighted by Gasteiger charge is 2.22. The van der Waals surface area contributed by atoms with E-state index in [9.17, 15) is 9.59 Å². The summed E-state index contributed by atoms with van der Waals surface area (Å²) in [5.41, 5.74) is 0.717. The fourth-order valence-electron chi connectivity index (χ4n) is 1.66. The van der Waals surface area contributed by atoms with Gasteiger partial charge >= 0.3 is 5.97 Å². The van der Waals surface area contributed by atoms with E-state index in [0.717, 1.165) is 0 Å². The average Bonchev–Trinajstić information content (AvgIpc) is 2.37. The van der Waals surface area contributed by atoms with Gasteiger partial charge < -0.3 is 10.0 Å². The highest BCUT2D eigenvalue weighted by molar-refractivity contribution is 6.32. The van der Waals surface area contributed by atoms with E-state index in [2.05, 4.69) is 0 Å². The van der Waals surface area contributed by atoms with Crippen LogP contribution in [0.25, 0.3) is 6.08 Å². The van der Waals surface area contributed by atoms with Crippen LogP contribution in [0.3, 0.4) is 0 Å². The molecular weight excluding hydrogens is 266 g/mol. The van der Waals surface area contributed by atoms with Gasteiger partial charge in [-0.15, -0.1) is 0 Å². The number of aliphatic carboxylic acids is 1. The Morgan fingerprint density at radius 2 is 2.05 bits per heavy atom.